The van der Waals surface area contributed by atoms with E-state index >= 15 is 0 Å². The van der Waals surface area contributed by atoms with Gasteiger partial charge in [-0.1, -0.05) is 51.0 Å². The molecule has 7 rings (SSSR count). The molecule has 0 spiro atoms. The summed E-state index contributed by atoms with van der Waals surface area (Å²) >= 11 is 3.56. The summed E-state index contributed by atoms with van der Waals surface area (Å²) in [5.74, 6) is 1.93. The van der Waals surface area contributed by atoms with Crippen LogP contribution in [-0.4, -0.2) is 0 Å². The van der Waals surface area contributed by atoms with Gasteiger partial charge in [-0.15, -0.1) is 22.7 Å². The molecule has 0 N–H and O–H groups in total. The Hall–Kier alpha value is -3.34. The minimum atomic E-state index is 0.943. The van der Waals surface area contributed by atoms with Crippen LogP contribution in [0.5, 0.6) is 0 Å². The Kier molecular flexibility index (Phi) is 6.10. The fourth-order valence-electron chi connectivity index (χ4n) is 5.54. The Morgan fingerprint density at radius 1 is 0.526 bits per heavy atom. The fourth-order valence-corrected chi connectivity index (χ4v) is 7.34. The quantitative estimate of drug-likeness (QED) is 0.181. The van der Waals surface area contributed by atoms with Gasteiger partial charge in [0.25, 0.3) is 0 Å². The maximum Gasteiger partial charge on any atom is 0.145 e. The molecule has 3 aromatic carbocycles. The molecule has 0 aliphatic heterocycles. The van der Waals surface area contributed by atoms with Crippen LogP contribution in [0.15, 0.2) is 80.3 Å². The summed E-state index contributed by atoms with van der Waals surface area (Å²) in [6.45, 7) is 4.48. The molecule has 0 radical (unpaired) electrons. The van der Waals surface area contributed by atoms with Gasteiger partial charge in [-0.2, -0.15) is 0 Å². The monoisotopic (exact) mass is 534 g/mol. The molecule has 0 bridgehead atoms. The van der Waals surface area contributed by atoms with Crippen molar-refractivity contribution in [3.63, 3.8) is 0 Å². The van der Waals surface area contributed by atoms with E-state index in [0.717, 1.165) is 35.5 Å². The van der Waals surface area contributed by atoms with Crippen LogP contribution in [0.3, 0.4) is 0 Å². The van der Waals surface area contributed by atoms with Crippen LogP contribution in [0.2, 0.25) is 0 Å². The summed E-state index contributed by atoms with van der Waals surface area (Å²) in [6.07, 6.45) is 7.17. The molecule has 38 heavy (non-hydrogen) atoms. The number of hydrogen-bond acceptors (Lipinski definition) is 4. The Balaban J connectivity index is 1.30. The number of unbranched alkanes of at least 4 members (excludes halogenated alkanes) is 2. The SMILES string of the molecule is CCCCc1csc(-c2cc3c(ccc4c3ccc3c5cc(-c6cc(CCCC)cs6)oc5ccc34)o2)c1. The average molecular weight is 535 g/mol. The van der Waals surface area contributed by atoms with Gasteiger partial charge in [0.15, 0.2) is 0 Å². The van der Waals surface area contributed by atoms with E-state index in [1.165, 1.54) is 78.9 Å². The van der Waals surface area contributed by atoms with Gasteiger partial charge in [0.2, 0.25) is 0 Å². The number of benzene rings is 3. The third-order valence-electron chi connectivity index (χ3n) is 7.62. The molecule has 4 aromatic heterocycles. The third-order valence-corrected chi connectivity index (χ3v) is 9.61. The van der Waals surface area contributed by atoms with Crippen molar-refractivity contribution in [1.82, 2.24) is 0 Å². The zero-order chi connectivity index (χ0) is 25.6. The van der Waals surface area contributed by atoms with Gasteiger partial charge in [0, 0.05) is 10.8 Å². The molecular weight excluding hydrogens is 505 g/mol. The second kappa shape index (κ2) is 9.76. The smallest absolute Gasteiger partial charge is 0.145 e. The van der Waals surface area contributed by atoms with Crippen molar-refractivity contribution in [2.75, 3.05) is 0 Å². The number of hydrogen-bond donors (Lipinski definition) is 0. The lowest BCUT2D eigenvalue weighted by Gasteiger charge is -2.05. The zero-order valence-corrected chi connectivity index (χ0v) is 23.4. The van der Waals surface area contributed by atoms with Crippen molar-refractivity contribution in [3.05, 3.63) is 82.6 Å². The van der Waals surface area contributed by atoms with E-state index in [1.54, 1.807) is 22.7 Å². The Bertz CT molecular complexity index is 1770. The standard InChI is InChI=1S/C34H30O2S2/c1-3-5-7-21-15-33(37-19-21)31-17-27-25-9-10-26-24(23(25)11-13-29(27)35-31)12-14-30-28(26)18-32(36-30)34-16-22(20-38-34)8-6-4-2/h9-20H,3-8H2,1-2H3. The third kappa shape index (κ3) is 4.07. The molecule has 4 heterocycles. The molecule has 0 amide bonds. The number of aryl methyl sites for hydroxylation is 2. The van der Waals surface area contributed by atoms with Gasteiger partial charge in [0.05, 0.1) is 9.75 Å². The number of rotatable bonds is 8. The van der Waals surface area contributed by atoms with Gasteiger partial charge < -0.3 is 8.83 Å². The van der Waals surface area contributed by atoms with Crippen molar-refractivity contribution in [2.45, 2.75) is 52.4 Å². The Morgan fingerprint density at radius 3 is 1.39 bits per heavy atom. The van der Waals surface area contributed by atoms with Crippen molar-refractivity contribution < 1.29 is 8.83 Å². The van der Waals surface area contributed by atoms with Crippen LogP contribution in [0.4, 0.5) is 0 Å². The minimum absolute atomic E-state index is 0.943. The van der Waals surface area contributed by atoms with Crippen LogP contribution in [-0.2, 0) is 12.8 Å². The van der Waals surface area contributed by atoms with Crippen molar-refractivity contribution in [2.24, 2.45) is 0 Å². The van der Waals surface area contributed by atoms with Gasteiger partial charge >= 0.3 is 0 Å². The van der Waals surface area contributed by atoms with Crippen LogP contribution >= 0.6 is 22.7 Å². The van der Waals surface area contributed by atoms with Crippen LogP contribution in [0.1, 0.15) is 50.7 Å². The number of furan rings is 2. The second-order valence-corrected chi connectivity index (χ2v) is 12.1. The maximum atomic E-state index is 6.34. The lowest BCUT2D eigenvalue weighted by atomic mass is 9.97. The lowest BCUT2D eigenvalue weighted by molar-refractivity contribution is 0.633. The zero-order valence-electron chi connectivity index (χ0n) is 21.8. The summed E-state index contributed by atoms with van der Waals surface area (Å²) in [4.78, 5) is 2.42. The molecule has 0 fully saturated rings. The normalized spacial score (nSPS) is 12.1. The Morgan fingerprint density at radius 2 is 0.947 bits per heavy atom. The fraction of sp³-hybridized carbons (Fsp3) is 0.235. The van der Waals surface area contributed by atoms with E-state index < -0.39 is 0 Å². The second-order valence-electron chi connectivity index (χ2n) is 10.3. The van der Waals surface area contributed by atoms with Gasteiger partial charge in [-0.05, 0) is 106 Å². The molecule has 0 unspecified atom stereocenters. The summed E-state index contributed by atoms with van der Waals surface area (Å²) < 4.78 is 12.7. The first-order chi connectivity index (χ1) is 18.7. The van der Waals surface area contributed by atoms with Crippen LogP contribution in [0.25, 0.3) is 64.8 Å². The summed E-state index contributed by atoms with van der Waals surface area (Å²) in [5, 5.41) is 11.9. The van der Waals surface area contributed by atoms with Gasteiger partial charge in [-0.3, -0.25) is 0 Å². The highest BCUT2D eigenvalue weighted by Gasteiger charge is 2.15. The van der Waals surface area contributed by atoms with E-state index in [9.17, 15) is 0 Å². The number of fused-ring (bicyclic) bond motifs is 7. The average Bonchev–Trinajstić information content (AvgIpc) is 3.74. The highest BCUT2D eigenvalue weighted by Crippen LogP contribution is 2.41. The summed E-state index contributed by atoms with van der Waals surface area (Å²) in [5.41, 5.74) is 4.70. The molecule has 0 saturated heterocycles. The molecule has 7 aromatic rings. The van der Waals surface area contributed by atoms with Crippen molar-refractivity contribution in [3.8, 4) is 21.3 Å². The van der Waals surface area contributed by atoms with Gasteiger partial charge in [-0.25, -0.2) is 0 Å². The first kappa shape index (κ1) is 23.8. The van der Waals surface area contributed by atoms with Crippen molar-refractivity contribution in [1.29, 1.82) is 0 Å². The summed E-state index contributed by atoms with van der Waals surface area (Å²) in [6, 6.07) is 22.2. The van der Waals surface area contributed by atoms with E-state index in [2.05, 4.69) is 85.3 Å². The Labute approximate surface area is 230 Å². The van der Waals surface area contributed by atoms with Crippen LogP contribution < -0.4 is 0 Å². The van der Waals surface area contributed by atoms with E-state index in [4.69, 9.17) is 8.83 Å². The molecule has 190 valence electrons. The lowest BCUT2D eigenvalue weighted by Crippen LogP contribution is -1.79. The van der Waals surface area contributed by atoms with Crippen LogP contribution in [0, 0.1) is 0 Å². The minimum Gasteiger partial charge on any atom is -0.455 e. The molecule has 4 heteroatoms. The molecule has 0 saturated carbocycles. The first-order valence-electron chi connectivity index (χ1n) is 13.7. The topological polar surface area (TPSA) is 26.3 Å². The predicted octanol–water partition coefficient (Wildman–Crippen LogP) is 11.6. The first-order valence-corrected chi connectivity index (χ1v) is 15.4. The summed E-state index contributed by atoms with van der Waals surface area (Å²) in [7, 11) is 0. The highest BCUT2D eigenvalue weighted by molar-refractivity contribution is 7.14. The predicted molar refractivity (Wildman–Crippen MR) is 165 cm³/mol. The van der Waals surface area contributed by atoms with Gasteiger partial charge in [0.1, 0.15) is 22.7 Å². The van der Waals surface area contributed by atoms with E-state index in [1.807, 2.05) is 0 Å². The largest absolute Gasteiger partial charge is 0.455 e. The van der Waals surface area contributed by atoms with E-state index in [0.29, 0.717) is 0 Å². The molecule has 2 nitrogen and oxygen atoms in total. The molecule has 0 aliphatic rings. The highest BCUT2D eigenvalue weighted by atomic mass is 32.1. The maximum absolute atomic E-state index is 6.34. The van der Waals surface area contributed by atoms with Crippen molar-refractivity contribution >= 4 is 66.2 Å². The number of thiophene rings is 2. The molecule has 0 aliphatic carbocycles. The van der Waals surface area contributed by atoms with E-state index in [-0.39, 0.29) is 0 Å². The molecule has 0 atom stereocenters. The molecular formula is C34H30O2S2.